The molecule has 0 unspecified atom stereocenters. The van der Waals surface area contributed by atoms with Crippen LogP contribution in [0.1, 0.15) is 69.4 Å². The topological polar surface area (TPSA) is 82.5 Å². The molecule has 35 heavy (non-hydrogen) atoms. The third kappa shape index (κ3) is 5.37. The van der Waals surface area contributed by atoms with Crippen LogP contribution in [0.4, 0.5) is 13.2 Å². The maximum absolute atomic E-state index is 13.0. The molecular formula is C25H30F3N3O4. The number of hydrogen-bond donors (Lipinski definition) is 1. The molecule has 2 aromatic rings. The molecule has 1 aromatic carbocycles. The van der Waals surface area contributed by atoms with Crippen LogP contribution in [0.15, 0.2) is 18.2 Å². The highest BCUT2D eigenvalue weighted by Gasteiger charge is 2.39. The highest BCUT2D eigenvalue weighted by Crippen LogP contribution is 2.38. The van der Waals surface area contributed by atoms with Crippen LogP contribution in [0.3, 0.4) is 0 Å². The van der Waals surface area contributed by atoms with Crippen molar-refractivity contribution in [3.8, 4) is 0 Å². The number of aryl methyl sites for hydroxylation is 3. The van der Waals surface area contributed by atoms with E-state index in [2.05, 4.69) is 10.4 Å². The molecule has 3 heterocycles. The summed E-state index contributed by atoms with van der Waals surface area (Å²) >= 11 is 0. The minimum absolute atomic E-state index is 0.0352. The number of benzene rings is 1. The van der Waals surface area contributed by atoms with Gasteiger partial charge in [0.25, 0.3) is 5.91 Å². The molecule has 1 N–H and O–H groups in total. The zero-order chi connectivity index (χ0) is 25.2. The number of aromatic nitrogens is 2. The lowest BCUT2D eigenvalue weighted by Crippen LogP contribution is -2.40. The quantitative estimate of drug-likeness (QED) is 0.484. The number of hydrogen-bond acceptors (Lipinski definition) is 5. The number of alkyl halides is 3. The molecule has 10 heteroatoms. The van der Waals surface area contributed by atoms with E-state index in [4.69, 9.17) is 9.47 Å². The zero-order valence-electron chi connectivity index (χ0n) is 20.0. The van der Waals surface area contributed by atoms with Gasteiger partial charge in [0.05, 0.1) is 23.4 Å². The summed E-state index contributed by atoms with van der Waals surface area (Å²) in [6.45, 7) is 6.00. The van der Waals surface area contributed by atoms with Crippen LogP contribution in [0.2, 0.25) is 0 Å². The van der Waals surface area contributed by atoms with Crippen LogP contribution in [0.5, 0.6) is 0 Å². The molecule has 2 aliphatic heterocycles. The minimum Gasteiger partial charge on any atom is -0.462 e. The van der Waals surface area contributed by atoms with Gasteiger partial charge >= 0.3 is 12.1 Å². The van der Waals surface area contributed by atoms with E-state index >= 15 is 0 Å². The Hall–Kier alpha value is -2.88. The molecule has 1 amide bonds. The molecule has 190 valence electrons. The van der Waals surface area contributed by atoms with Gasteiger partial charge in [-0.05, 0) is 69.1 Å². The monoisotopic (exact) mass is 493 g/mol. The molecule has 0 atom stereocenters. The number of amides is 1. The Kier molecular flexibility index (Phi) is 7.21. The van der Waals surface area contributed by atoms with E-state index in [1.807, 2.05) is 6.92 Å². The number of esters is 1. The van der Waals surface area contributed by atoms with Crippen LogP contribution in [-0.2, 0) is 35.0 Å². The first kappa shape index (κ1) is 25.2. The van der Waals surface area contributed by atoms with Gasteiger partial charge in [-0.1, -0.05) is 6.07 Å². The average molecular weight is 494 g/mol. The summed E-state index contributed by atoms with van der Waals surface area (Å²) in [6.07, 6.45) is -1.16. The summed E-state index contributed by atoms with van der Waals surface area (Å²) in [7, 11) is 0. The average Bonchev–Trinajstić information content (AvgIpc) is 3.10. The number of carbonyl (C=O) groups excluding carboxylic acids is 2. The van der Waals surface area contributed by atoms with Crippen molar-refractivity contribution in [1.29, 1.82) is 0 Å². The smallest absolute Gasteiger partial charge is 0.416 e. The molecule has 1 fully saturated rings. The first-order valence-electron chi connectivity index (χ1n) is 11.9. The zero-order valence-corrected chi connectivity index (χ0v) is 20.0. The molecule has 1 saturated heterocycles. The Balaban J connectivity index is 1.45. The number of fused-ring (bicyclic) bond motifs is 1. The molecule has 0 bridgehead atoms. The molecule has 0 saturated carbocycles. The maximum Gasteiger partial charge on any atom is 0.416 e. The highest BCUT2D eigenvalue weighted by molar-refractivity contribution is 5.95. The predicted molar refractivity (Wildman–Crippen MR) is 121 cm³/mol. The van der Waals surface area contributed by atoms with Crippen molar-refractivity contribution in [3.63, 3.8) is 0 Å². The van der Waals surface area contributed by atoms with Gasteiger partial charge in [0.2, 0.25) is 0 Å². The van der Waals surface area contributed by atoms with Crippen LogP contribution >= 0.6 is 0 Å². The highest BCUT2D eigenvalue weighted by atomic mass is 19.4. The number of halogens is 3. The Labute approximate surface area is 202 Å². The summed E-state index contributed by atoms with van der Waals surface area (Å²) < 4.78 is 51.6. The van der Waals surface area contributed by atoms with Crippen LogP contribution in [-0.4, -0.2) is 48.0 Å². The largest absolute Gasteiger partial charge is 0.462 e. The van der Waals surface area contributed by atoms with E-state index in [9.17, 15) is 22.8 Å². The second-order valence-corrected chi connectivity index (χ2v) is 9.33. The van der Waals surface area contributed by atoms with Crippen molar-refractivity contribution in [2.24, 2.45) is 5.41 Å². The van der Waals surface area contributed by atoms with E-state index in [-0.39, 0.29) is 23.5 Å². The molecule has 2 aliphatic rings. The first-order chi connectivity index (χ1) is 16.6. The Morgan fingerprint density at radius 2 is 2.03 bits per heavy atom. The van der Waals surface area contributed by atoms with E-state index < -0.39 is 17.7 Å². The van der Waals surface area contributed by atoms with Gasteiger partial charge in [0.1, 0.15) is 5.69 Å². The number of carbonyl (C=O) groups is 2. The van der Waals surface area contributed by atoms with E-state index in [1.54, 1.807) is 11.6 Å². The summed E-state index contributed by atoms with van der Waals surface area (Å²) in [6, 6.07) is 3.04. The van der Waals surface area contributed by atoms with Gasteiger partial charge < -0.3 is 14.8 Å². The van der Waals surface area contributed by atoms with Gasteiger partial charge in [-0.15, -0.1) is 0 Å². The summed E-state index contributed by atoms with van der Waals surface area (Å²) in [5, 5.41) is 7.73. The maximum atomic E-state index is 13.0. The Morgan fingerprint density at radius 3 is 2.71 bits per heavy atom. The minimum atomic E-state index is -4.53. The van der Waals surface area contributed by atoms with E-state index in [1.165, 1.54) is 6.07 Å². The van der Waals surface area contributed by atoms with Gasteiger partial charge in [0, 0.05) is 31.9 Å². The van der Waals surface area contributed by atoms with Crippen LogP contribution in [0, 0.1) is 12.3 Å². The van der Waals surface area contributed by atoms with Crippen LogP contribution < -0.4 is 5.32 Å². The van der Waals surface area contributed by atoms with Crippen LogP contribution in [0.25, 0.3) is 0 Å². The Morgan fingerprint density at radius 1 is 1.29 bits per heavy atom. The fourth-order valence-electron chi connectivity index (χ4n) is 4.87. The van der Waals surface area contributed by atoms with Crippen molar-refractivity contribution in [2.75, 3.05) is 26.4 Å². The molecule has 0 aliphatic carbocycles. The third-order valence-corrected chi connectivity index (χ3v) is 6.95. The third-order valence-electron chi connectivity index (χ3n) is 6.95. The van der Waals surface area contributed by atoms with Crippen molar-refractivity contribution in [2.45, 2.75) is 58.7 Å². The lowest BCUT2D eigenvalue weighted by Gasteiger charge is -2.36. The summed E-state index contributed by atoms with van der Waals surface area (Å²) in [5.74, 6) is -0.914. The first-order valence-corrected chi connectivity index (χ1v) is 11.9. The lowest BCUT2D eigenvalue weighted by atomic mass is 9.75. The van der Waals surface area contributed by atoms with Crippen molar-refractivity contribution in [3.05, 3.63) is 51.8 Å². The summed E-state index contributed by atoms with van der Waals surface area (Å²) in [4.78, 5) is 25.3. The van der Waals surface area contributed by atoms with Crippen molar-refractivity contribution in [1.82, 2.24) is 15.1 Å². The fourth-order valence-corrected chi connectivity index (χ4v) is 4.87. The lowest BCUT2D eigenvalue weighted by molar-refractivity contribution is -0.137. The second kappa shape index (κ2) is 10.0. The normalized spacial score (nSPS) is 17.6. The van der Waals surface area contributed by atoms with Gasteiger partial charge in [-0.3, -0.25) is 9.48 Å². The number of rotatable bonds is 6. The van der Waals surface area contributed by atoms with Crippen molar-refractivity contribution < 1.29 is 32.2 Å². The van der Waals surface area contributed by atoms with E-state index in [0.29, 0.717) is 50.4 Å². The van der Waals surface area contributed by atoms with Gasteiger partial charge in [0.15, 0.2) is 0 Å². The molecule has 4 rings (SSSR count). The number of nitrogens with one attached hydrogen (secondary N) is 1. The van der Waals surface area contributed by atoms with Gasteiger partial charge in [-0.2, -0.15) is 18.3 Å². The molecule has 1 aromatic heterocycles. The molecular weight excluding hydrogens is 463 g/mol. The van der Waals surface area contributed by atoms with Gasteiger partial charge in [-0.25, -0.2) is 4.79 Å². The Bertz CT molecular complexity index is 1100. The molecule has 7 nitrogen and oxygen atoms in total. The van der Waals surface area contributed by atoms with E-state index in [0.717, 1.165) is 42.7 Å². The predicted octanol–water partition coefficient (Wildman–Crippen LogP) is 4.10. The molecule has 0 radical (unpaired) electrons. The fraction of sp³-hybridized carbons (Fsp3) is 0.560. The summed E-state index contributed by atoms with van der Waals surface area (Å²) in [5.41, 5.74) is 1.69. The standard InChI is InChI=1S/C25H30F3N3O4/c1-3-31-21-19(14-24(15-29-22(21)32)8-11-34-12-9-24)20(30-31)5-4-10-35-23(33)18-13-17(25(26,27)28)7-6-16(18)2/h6-7,13H,3-5,8-12,14-15H2,1-2H3,(H,29,32). The molecule has 1 spiro atoms. The number of nitrogens with zero attached hydrogens (tertiary/aromatic N) is 2. The van der Waals surface area contributed by atoms with Crippen molar-refractivity contribution >= 4 is 11.9 Å². The SMILES string of the molecule is CCn1nc(CCCOC(=O)c2cc(C(F)(F)F)ccc2C)c2c1C(=O)NCC1(CCOCC1)C2. The number of ether oxygens (including phenoxy) is 2. The second-order valence-electron chi connectivity index (χ2n) is 9.33.